The van der Waals surface area contributed by atoms with Crippen LogP contribution in [0.3, 0.4) is 0 Å². The number of hydrogen-bond acceptors (Lipinski definition) is 4. The smallest absolute Gasteiger partial charge is 0.303 e. The number of carbonyl (C=O) groups excluding carboxylic acids is 2. The minimum Gasteiger partial charge on any atom is -0.303 e. The SMILES string of the molecule is CC(CN=C1NC(=O)C(=O)N1)CN1CCCC1. The maximum absolute atomic E-state index is 10.9. The van der Waals surface area contributed by atoms with Gasteiger partial charge in [-0.2, -0.15) is 0 Å². The van der Waals surface area contributed by atoms with E-state index in [0.717, 1.165) is 6.54 Å². The van der Waals surface area contributed by atoms with Crippen LogP contribution >= 0.6 is 0 Å². The molecule has 0 aromatic heterocycles. The molecule has 2 aliphatic heterocycles. The maximum Gasteiger partial charge on any atom is 0.316 e. The molecule has 6 nitrogen and oxygen atoms in total. The third kappa shape index (κ3) is 3.26. The Bertz CT molecular complexity index is 329. The van der Waals surface area contributed by atoms with E-state index in [-0.39, 0.29) is 5.96 Å². The summed E-state index contributed by atoms with van der Waals surface area (Å²) in [6, 6.07) is 0. The Morgan fingerprint density at radius 2 is 1.82 bits per heavy atom. The summed E-state index contributed by atoms with van der Waals surface area (Å²) in [5, 5.41) is 4.78. The van der Waals surface area contributed by atoms with E-state index in [1.54, 1.807) is 0 Å². The molecule has 17 heavy (non-hydrogen) atoms. The van der Waals surface area contributed by atoms with Crippen LogP contribution in [0.5, 0.6) is 0 Å². The van der Waals surface area contributed by atoms with Crippen molar-refractivity contribution in [2.75, 3.05) is 26.2 Å². The van der Waals surface area contributed by atoms with Crippen molar-refractivity contribution in [1.29, 1.82) is 0 Å². The lowest BCUT2D eigenvalue weighted by Crippen LogP contribution is -2.29. The fourth-order valence-electron chi connectivity index (χ4n) is 2.15. The lowest BCUT2D eigenvalue weighted by Gasteiger charge is -2.18. The van der Waals surface area contributed by atoms with Gasteiger partial charge in [-0.3, -0.25) is 25.2 Å². The van der Waals surface area contributed by atoms with Gasteiger partial charge in [0, 0.05) is 13.1 Å². The van der Waals surface area contributed by atoms with Crippen LogP contribution in [0, 0.1) is 5.92 Å². The van der Waals surface area contributed by atoms with Gasteiger partial charge >= 0.3 is 11.8 Å². The van der Waals surface area contributed by atoms with E-state index >= 15 is 0 Å². The third-order valence-electron chi connectivity index (χ3n) is 3.00. The largest absolute Gasteiger partial charge is 0.316 e. The number of hydrogen-bond donors (Lipinski definition) is 2. The number of likely N-dealkylation sites (tertiary alicyclic amines) is 1. The normalized spacial score (nSPS) is 22.5. The molecule has 0 aromatic carbocycles. The summed E-state index contributed by atoms with van der Waals surface area (Å²) >= 11 is 0. The van der Waals surface area contributed by atoms with Crippen LogP contribution in [0.2, 0.25) is 0 Å². The molecule has 94 valence electrons. The zero-order chi connectivity index (χ0) is 12.3. The van der Waals surface area contributed by atoms with Gasteiger partial charge in [0.15, 0.2) is 0 Å². The number of rotatable bonds is 4. The molecule has 2 N–H and O–H groups in total. The van der Waals surface area contributed by atoms with Crippen molar-refractivity contribution in [3.63, 3.8) is 0 Å². The highest BCUT2D eigenvalue weighted by Crippen LogP contribution is 2.10. The molecule has 0 bridgehead atoms. The van der Waals surface area contributed by atoms with Gasteiger partial charge in [-0.1, -0.05) is 6.92 Å². The van der Waals surface area contributed by atoms with Crippen molar-refractivity contribution in [2.45, 2.75) is 19.8 Å². The van der Waals surface area contributed by atoms with E-state index in [2.05, 4.69) is 27.4 Å². The summed E-state index contributed by atoms with van der Waals surface area (Å²) in [6.07, 6.45) is 2.57. The lowest BCUT2D eigenvalue weighted by molar-refractivity contribution is -0.135. The van der Waals surface area contributed by atoms with Crippen molar-refractivity contribution >= 4 is 17.8 Å². The molecule has 2 rings (SSSR count). The van der Waals surface area contributed by atoms with Crippen LogP contribution in [-0.4, -0.2) is 48.9 Å². The first kappa shape index (κ1) is 12.0. The first-order valence-corrected chi connectivity index (χ1v) is 6.04. The Morgan fingerprint density at radius 3 is 2.41 bits per heavy atom. The zero-order valence-corrected chi connectivity index (χ0v) is 10.0. The van der Waals surface area contributed by atoms with Crippen LogP contribution in [0.15, 0.2) is 4.99 Å². The molecule has 2 heterocycles. The molecule has 6 heteroatoms. The van der Waals surface area contributed by atoms with Gasteiger partial charge in [0.05, 0.1) is 0 Å². The Morgan fingerprint density at radius 1 is 1.24 bits per heavy atom. The van der Waals surface area contributed by atoms with Crippen LogP contribution in [0.25, 0.3) is 0 Å². The van der Waals surface area contributed by atoms with E-state index in [1.165, 1.54) is 25.9 Å². The molecular formula is C11H18N4O2. The van der Waals surface area contributed by atoms with Gasteiger partial charge in [-0.25, -0.2) is 0 Å². The topological polar surface area (TPSA) is 73.8 Å². The average molecular weight is 238 g/mol. The number of carbonyl (C=O) groups is 2. The molecule has 0 radical (unpaired) electrons. The summed E-state index contributed by atoms with van der Waals surface area (Å²) in [7, 11) is 0. The third-order valence-corrected chi connectivity index (χ3v) is 3.00. The maximum atomic E-state index is 10.9. The predicted octanol–water partition coefficient (Wildman–Crippen LogP) is -0.680. The molecular weight excluding hydrogens is 220 g/mol. The fraction of sp³-hybridized carbons (Fsp3) is 0.727. The first-order valence-electron chi connectivity index (χ1n) is 6.04. The second kappa shape index (κ2) is 5.27. The Hall–Kier alpha value is -1.43. The number of nitrogens with one attached hydrogen (secondary N) is 2. The Kier molecular flexibility index (Phi) is 3.73. The summed E-state index contributed by atoms with van der Waals surface area (Å²) < 4.78 is 0. The molecule has 2 aliphatic rings. The average Bonchev–Trinajstić information content (AvgIpc) is 2.87. The van der Waals surface area contributed by atoms with Crippen LogP contribution in [0.1, 0.15) is 19.8 Å². The van der Waals surface area contributed by atoms with E-state index in [1.807, 2.05) is 0 Å². The molecule has 1 unspecified atom stereocenters. The molecule has 0 aliphatic carbocycles. The minimum absolute atomic E-state index is 0.285. The number of guanidine groups is 1. The molecule has 0 aromatic rings. The second-order valence-electron chi connectivity index (χ2n) is 4.71. The highest BCUT2D eigenvalue weighted by Gasteiger charge is 2.25. The standard InChI is InChI=1S/C11H18N4O2/c1-8(7-15-4-2-3-5-15)6-12-11-13-9(16)10(17)14-11/h8H,2-7H2,1H3,(H2,12,13,14,16,17). The molecule has 2 fully saturated rings. The fourth-order valence-corrected chi connectivity index (χ4v) is 2.15. The summed E-state index contributed by atoms with van der Waals surface area (Å²) in [4.78, 5) is 28.4. The van der Waals surface area contributed by atoms with Crippen molar-refractivity contribution in [2.24, 2.45) is 10.9 Å². The Balaban J connectivity index is 1.75. The van der Waals surface area contributed by atoms with Gasteiger partial charge in [0.25, 0.3) is 0 Å². The quantitative estimate of drug-likeness (QED) is 0.637. The van der Waals surface area contributed by atoms with Crippen molar-refractivity contribution < 1.29 is 9.59 Å². The van der Waals surface area contributed by atoms with Gasteiger partial charge < -0.3 is 4.90 Å². The van der Waals surface area contributed by atoms with E-state index < -0.39 is 11.8 Å². The Labute approximate surface area is 100 Å². The van der Waals surface area contributed by atoms with Gasteiger partial charge in [-0.05, 0) is 31.8 Å². The molecule has 0 saturated carbocycles. The van der Waals surface area contributed by atoms with Crippen LogP contribution in [-0.2, 0) is 9.59 Å². The van der Waals surface area contributed by atoms with Crippen molar-refractivity contribution in [3.05, 3.63) is 0 Å². The lowest BCUT2D eigenvalue weighted by atomic mass is 10.2. The number of amides is 2. The van der Waals surface area contributed by atoms with Crippen LogP contribution in [0.4, 0.5) is 0 Å². The highest BCUT2D eigenvalue weighted by atomic mass is 16.2. The van der Waals surface area contributed by atoms with Gasteiger partial charge in [0.2, 0.25) is 5.96 Å². The number of aliphatic imine (C=N–C) groups is 1. The molecule has 2 saturated heterocycles. The molecule has 1 atom stereocenters. The van der Waals surface area contributed by atoms with Crippen molar-refractivity contribution in [1.82, 2.24) is 15.5 Å². The summed E-state index contributed by atoms with van der Waals surface area (Å²) in [5.41, 5.74) is 0. The monoisotopic (exact) mass is 238 g/mol. The van der Waals surface area contributed by atoms with Crippen LogP contribution < -0.4 is 10.6 Å². The second-order valence-corrected chi connectivity index (χ2v) is 4.71. The van der Waals surface area contributed by atoms with E-state index in [9.17, 15) is 9.59 Å². The van der Waals surface area contributed by atoms with Crippen molar-refractivity contribution in [3.8, 4) is 0 Å². The summed E-state index contributed by atoms with van der Waals surface area (Å²) in [6.45, 7) is 6.12. The number of nitrogens with zero attached hydrogens (tertiary/aromatic N) is 2. The minimum atomic E-state index is -0.629. The van der Waals surface area contributed by atoms with E-state index in [0.29, 0.717) is 12.5 Å². The molecule has 2 amide bonds. The van der Waals surface area contributed by atoms with Gasteiger partial charge in [0.1, 0.15) is 0 Å². The zero-order valence-electron chi connectivity index (χ0n) is 10.0. The highest BCUT2D eigenvalue weighted by molar-refractivity contribution is 6.45. The predicted molar refractivity (Wildman–Crippen MR) is 63.4 cm³/mol. The summed E-state index contributed by atoms with van der Waals surface area (Å²) in [5.74, 6) is -0.546. The van der Waals surface area contributed by atoms with Gasteiger partial charge in [-0.15, -0.1) is 0 Å². The molecule has 0 spiro atoms. The first-order chi connectivity index (χ1) is 8.15. The van der Waals surface area contributed by atoms with E-state index in [4.69, 9.17) is 0 Å².